The normalized spacial score (nSPS) is 10.8. The van der Waals surface area contributed by atoms with Crippen molar-refractivity contribution in [3.63, 3.8) is 0 Å². The van der Waals surface area contributed by atoms with Crippen molar-refractivity contribution in [3.05, 3.63) is 24.2 Å². The number of nitrogens with zero attached hydrogens (tertiary/aromatic N) is 5. The molecule has 86 valence electrons. The first-order valence-electron chi connectivity index (χ1n) is 5.18. The third-order valence-electron chi connectivity index (χ3n) is 2.06. The van der Waals surface area contributed by atoms with Crippen LogP contribution in [0.4, 0.5) is 0 Å². The highest BCUT2D eigenvalue weighted by atomic mass is 16.4. The van der Waals surface area contributed by atoms with E-state index in [0.717, 1.165) is 19.5 Å². The molecule has 0 fully saturated rings. The lowest BCUT2D eigenvalue weighted by Gasteiger charge is -2.01. The van der Waals surface area contributed by atoms with Crippen LogP contribution in [0.1, 0.15) is 18.2 Å². The van der Waals surface area contributed by atoms with Crippen molar-refractivity contribution in [2.24, 2.45) is 0 Å². The van der Waals surface area contributed by atoms with Gasteiger partial charge in [0.15, 0.2) is 0 Å². The Balaban J connectivity index is 1.59. The fraction of sp³-hybridized carbons (Fsp3) is 0.556. The maximum Gasteiger partial charge on any atom is 0.230 e. The minimum Gasteiger partial charge on any atom is -0.424 e. The van der Waals surface area contributed by atoms with Crippen LogP contribution in [0.25, 0.3) is 0 Å². The lowest BCUT2D eigenvalue weighted by molar-refractivity contribution is 0.440. The molecule has 0 unspecified atom stereocenters. The van der Waals surface area contributed by atoms with E-state index in [4.69, 9.17) is 4.42 Å². The zero-order valence-electron chi connectivity index (χ0n) is 9.13. The predicted molar refractivity (Wildman–Crippen MR) is 55.4 cm³/mol. The lowest BCUT2D eigenvalue weighted by atomic mass is 10.4. The van der Waals surface area contributed by atoms with Crippen molar-refractivity contribution < 1.29 is 4.42 Å². The van der Waals surface area contributed by atoms with E-state index in [2.05, 4.69) is 25.8 Å². The van der Waals surface area contributed by atoms with Crippen LogP contribution < -0.4 is 5.32 Å². The number of aryl methyl sites for hydroxylation is 2. The van der Waals surface area contributed by atoms with Crippen LogP contribution in [0.2, 0.25) is 0 Å². The number of nitrogens with one attached hydrogen (secondary N) is 1. The second kappa shape index (κ2) is 5.36. The Morgan fingerprint density at radius 2 is 2.38 bits per heavy atom. The molecule has 2 aromatic heterocycles. The highest BCUT2D eigenvalue weighted by Crippen LogP contribution is 1.96. The third-order valence-corrected chi connectivity index (χ3v) is 2.06. The SMILES string of the molecule is Cc1nnc(CNCCCn2ccnn2)o1. The molecule has 0 aliphatic rings. The summed E-state index contributed by atoms with van der Waals surface area (Å²) in [5, 5.41) is 18.5. The molecule has 16 heavy (non-hydrogen) atoms. The average molecular weight is 222 g/mol. The summed E-state index contributed by atoms with van der Waals surface area (Å²) in [5.41, 5.74) is 0. The van der Waals surface area contributed by atoms with E-state index >= 15 is 0 Å². The van der Waals surface area contributed by atoms with Crippen molar-refractivity contribution >= 4 is 0 Å². The summed E-state index contributed by atoms with van der Waals surface area (Å²) in [4.78, 5) is 0. The van der Waals surface area contributed by atoms with Crippen LogP contribution in [0.15, 0.2) is 16.8 Å². The fourth-order valence-corrected chi connectivity index (χ4v) is 1.32. The largest absolute Gasteiger partial charge is 0.424 e. The van der Waals surface area contributed by atoms with Gasteiger partial charge in [-0.15, -0.1) is 15.3 Å². The maximum atomic E-state index is 5.22. The van der Waals surface area contributed by atoms with Crippen LogP contribution in [0.3, 0.4) is 0 Å². The van der Waals surface area contributed by atoms with Gasteiger partial charge < -0.3 is 9.73 Å². The van der Waals surface area contributed by atoms with Gasteiger partial charge in [0.2, 0.25) is 11.8 Å². The topological polar surface area (TPSA) is 81.7 Å². The summed E-state index contributed by atoms with van der Waals surface area (Å²) in [6, 6.07) is 0. The molecule has 2 heterocycles. The molecule has 0 aliphatic heterocycles. The zero-order chi connectivity index (χ0) is 11.2. The summed E-state index contributed by atoms with van der Waals surface area (Å²) in [7, 11) is 0. The van der Waals surface area contributed by atoms with Gasteiger partial charge in [0.1, 0.15) is 0 Å². The first kappa shape index (κ1) is 10.7. The zero-order valence-corrected chi connectivity index (χ0v) is 9.13. The van der Waals surface area contributed by atoms with Gasteiger partial charge in [0.25, 0.3) is 0 Å². The second-order valence-corrected chi connectivity index (χ2v) is 3.41. The van der Waals surface area contributed by atoms with Crippen molar-refractivity contribution in [3.8, 4) is 0 Å². The quantitative estimate of drug-likeness (QED) is 0.700. The molecule has 2 aromatic rings. The number of hydrogen-bond donors (Lipinski definition) is 1. The van der Waals surface area contributed by atoms with E-state index in [9.17, 15) is 0 Å². The summed E-state index contributed by atoms with van der Waals surface area (Å²) < 4.78 is 7.03. The van der Waals surface area contributed by atoms with Crippen molar-refractivity contribution in [1.82, 2.24) is 30.5 Å². The molecule has 0 amide bonds. The minimum absolute atomic E-state index is 0.597. The van der Waals surface area contributed by atoms with Crippen LogP contribution in [0, 0.1) is 6.92 Å². The van der Waals surface area contributed by atoms with Gasteiger partial charge in [-0.25, -0.2) is 0 Å². The standard InChI is InChI=1S/C9H14N6O/c1-8-12-13-9(16-8)7-10-3-2-5-15-6-4-11-14-15/h4,6,10H,2-3,5,7H2,1H3. The lowest BCUT2D eigenvalue weighted by Crippen LogP contribution is -2.16. The molecule has 1 N–H and O–H groups in total. The van der Waals surface area contributed by atoms with Gasteiger partial charge in [-0.1, -0.05) is 5.21 Å². The molecule has 7 nitrogen and oxygen atoms in total. The molecule has 0 saturated heterocycles. The molecule has 0 radical (unpaired) electrons. The second-order valence-electron chi connectivity index (χ2n) is 3.41. The fourth-order valence-electron chi connectivity index (χ4n) is 1.32. The molecule has 0 atom stereocenters. The van der Waals surface area contributed by atoms with E-state index in [1.807, 2.05) is 6.20 Å². The molecular weight excluding hydrogens is 208 g/mol. The number of rotatable bonds is 6. The van der Waals surface area contributed by atoms with E-state index in [1.54, 1.807) is 17.8 Å². The monoisotopic (exact) mass is 222 g/mol. The summed E-state index contributed by atoms with van der Waals surface area (Å²) in [6.45, 7) is 4.12. The minimum atomic E-state index is 0.597. The Bertz CT molecular complexity index is 409. The molecule has 0 aromatic carbocycles. The molecule has 0 bridgehead atoms. The van der Waals surface area contributed by atoms with Gasteiger partial charge in [-0.3, -0.25) is 4.68 Å². The smallest absolute Gasteiger partial charge is 0.230 e. The van der Waals surface area contributed by atoms with Gasteiger partial charge in [-0.2, -0.15) is 0 Å². The van der Waals surface area contributed by atoms with Crippen molar-refractivity contribution in [2.45, 2.75) is 26.4 Å². The molecule has 0 spiro atoms. The van der Waals surface area contributed by atoms with Crippen LogP contribution in [-0.4, -0.2) is 31.7 Å². The van der Waals surface area contributed by atoms with E-state index in [1.165, 1.54) is 0 Å². The van der Waals surface area contributed by atoms with Gasteiger partial charge in [0, 0.05) is 19.7 Å². The Kier molecular flexibility index (Phi) is 3.60. The Labute approximate surface area is 92.9 Å². The highest BCUT2D eigenvalue weighted by Gasteiger charge is 2.00. The summed E-state index contributed by atoms with van der Waals surface area (Å²) >= 11 is 0. The first-order valence-corrected chi connectivity index (χ1v) is 5.18. The van der Waals surface area contributed by atoms with Crippen molar-refractivity contribution in [2.75, 3.05) is 6.54 Å². The van der Waals surface area contributed by atoms with Gasteiger partial charge in [0.05, 0.1) is 12.7 Å². The van der Waals surface area contributed by atoms with Crippen molar-refractivity contribution in [1.29, 1.82) is 0 Å². The summed E-state index contributed by atoms with van der Waals surface area (Å²) in [5.74, 6) is 1.22. The maximum absolute atomic E-state index is 5.22. The van der Waals surface area contributed by atoms with E-state index in [0.29, 0.717) is 18.3 Å². The third kappa shape index (κ3) is 3.13. The first-order chi connectivity index (χ1) is 7.84. The van der Waals surface area contributed by atoms with E-state index < -0.39 is 0 Å². The van der Waals surface area contributed by atoms with Crippen LogP contribution >= 0.6 is 0 Å². The van der Waals surface area contributed by atoms with Gasteiger partial charge in [-0.05, 0) is 13.0 Å². The summed E-state index contributed by atoms with van der Waals surface area (Å²) in [6.07, 6.45) is 4.51. The predicted octanol–water partition coefficient (Wildman–Crippen LogP) is 0.149. The van der Waals surface area contributed by atoms with Crippen LogP contribution in [0.5, 0.6) is 0 Å². The molecule has 0 aliphatic carbocycles. The Hall–Kier alpha value is -1.76. The number of aromatic nitrogens is 5. The van der Waals surface area contributed by atoms with Crippen LogP contribution in [-0.2, 0) is 13.1 Å². The Morgan fingerprint density at radius 1 is 1.44 bits per heavy atom. The molecule has 0 saturated carbocycles. The molecule has 2 rings (SSSR count). The van der Waals surface area contributed by atoms with E-state index in [-0.39, 0.29) is 0 Å². The highest BCUT2D eigenvalue weighted by molar-refractivity contribution is 4.77. The average Bonchev–Trinajstić information content (AvgIpc) is 2.89. The Morgan fingerprint density at radius 3 is 3.06 bits per heavy atom. The number of hydrogen-bond acceptors (Lipinski definition) is 6. The molecule has 7 heteroatoms. The van der Waals surface area contributed by atoms with Gasteiger partial charge >= 0.3 is 0 Å². The molecular formula is C9H14N6O.